The van der Waals surface area contributed by atoms with Crippen LogP contribution in [0, 0.1) is 0 Å². The van der Waals surface area contributed by atoms with E-state index in [-0.39, 0.29) is 6.04 Å². The number of thiol groups is 1. The first-order chi connectivity index (χ1) is 7.66. The van der Waals surface area contributed by atoms with Gasteiger partial charge in [-0.3, -0.25) is 0 Å². The van der Waals surface area contributed by atoms with Crippen molar-refractivity contribution in [3.63, 3.8) is 0 Å². The van der Waals surface area contributed by atoms with Crippen LogP contribution in [0.5, 0.6) is 0 Å². The lowest BCUT2D eigenvalue weighted by Crippen LogP contribution is -2.68. The van der Waals surface area contributed by atoms with Crippen LogP contribution in [-0.2, 0) is 0 Å². The number of hydrogen-bond acceptors (Lipinski definition) is 4. The van der Waals surface area contributed by atoms with Crippen LogP contribution in [0.4, 0.5) is 9.59 Å². The molecule has 1 aliphatic rings. The van der Waals surface area contributed by atoms with E-state index in [4.69, 9.17) is 0 Å². The van der Waals surface area contributed by atoms with Crippen LogP contribution < -0.4 is 5.32 Å². The maximum Gasteiger partial charge on any atom is 0.351 e. The van der Waals surface area contributed by atoms with Crippen LogP contribution in [-0.4, -0.2) is 38.7 Å². The zero-order chi connectivity index (χ0) is 13.4. The monoisotopic (exact) mass is 258 g/mol. The summed E-state index contributed by atoms with van der Waals surface area (Å²) in [6, 6.07) is -1.16. The van der Waals surface area contributed by atoms with Crippen molar-refractivity contribution in [1.82, 2.24) is 15.2 Å². The molecule has 0 aromatic carbocycles. The Kier molecular flexibility index (Phi) is 3.71. The molecule has 7 heteroatoms. The van der Waals surface area contributed by atoms with Crippen molar-refractivity contribution in [3.05, 3.63) is 0 Å². The first-order valence-electron chi connectivity index (χ1n) is 5.36. The Bertz CT molecular complexity index is 375. The van der Waals surface area contributed by atoms with Gasteiger partial charge in [-0.1, -0.05) is 0 Å². The van der Waals surface area contributed by atoms with E-state index in [0.717, 1.165) is 4.90 Å². The highest BCUT2D eigenvalue weighted by Gasteiger charge is 2.45. The Labute approximate surface area is 106 Å². The fourth-order valence-corrected chi connectivity index (χ4v) is 1.71. The summed E-state index contributed by atoms with van der Waals surface area (Å²) in [7, 11) is 0. The summed E-state index contributed by atoms with van der Waals surface area (Å²) in [6.45, 7) is 8.68. The van der Waals surface area contributed by atoms with Crippen molar-refractivity contribution in [2.75, 3.05) is 0 Å². The smallest absolute Gasteiger partial charge is 0.305 e. The second-order valence-corrected chi connectivity index (χ2v) is 5.43. The van der Waals surface area contributed by atoms with E-state index >= 15 is 0 Å². The molecule has 1 heterocycles. The predicted octanol–water partition coefficient (Wildman–Crippen LogP) is 1.84. The van der Waals surface area contributed by atoms with Crippen molar-refractivity contribution < 1.29 is 9.59 Å². The summed E-state index contributed by atoms with van der Waals surface area (Å²) >= 11 is 4.25. The Morgan fingerprint density at radius 1 is 1.41 bits per heavy atom. The summed E-state index contributed by atoms with van der Waals surface area (Å²) in [4.78, 5) is 23.9. The molecule has 0 spiro atoms. The van der Waals surface area contributed by atoms with E-state index in [1.165, 1.54) is 5.01 Å². The van der Waals surface area contributed by atoms with Gasteiger partial charge in [0.1, 0.15) is 0 Å². The molecule has 0 aromatic heterocycles. The highest BCUT2D eigenvalue weighted by atomic mass is 32.1. The van der Waals surface area contributed by atoms with E-state index in [0.29, 0.717) is 5.71 Å². The van der Waals surface area contributed by atoms with Crippen LogP contribution in [0.25, 0.3) is 0 Å². The first kappa shape index (κ1) is 13.8. The van der Waals surface area contributed by atoms with Gasteiger partial charge in [0.2, 0.25) is 0 Å². The molecule has 1 aliphatic heterocycles. The Morgan fingerprint density at radius 2 is 1.94 bits per heavy atom. The van der Waals surface area contributed by atoms with Gasteiger partial charge in [-0.25, -0.2) is 14.5 Å². The zero-order valence-electron chi connectivity index (χ0n) is 10.7. The molecule has 0 radical (unpaired) electrons. The van der Waals surface area contributed by atoms with Crippen molar-refractivity contribution >= 4 is 30.4 Å². The summed E-state index contributed by atoms with van der Waals surface area (Å²) in [5.41, 5.74) is 0.707. The van der Waals surface area contributed by atoms with Gasteiger partial charge in [-0.15, -0.1) is 12.6 Å². The van der Waals surface area contributed by atoms with E-state index < -0.39 is 17.1 Å². The molecule has 1 saturated heterocycles. The molecule has 0 bridgehead atoms. The number of rotatable bonds is 2. The zero-order valence-corrected chi connectivity index (χ0v) is 11.6. The number of carbonyl (C=O) groups excluding carboxylic acids is 2. The summed E-state index contributed by atoms with van der Waals surface area (Å²) < 4.78 is 0. The number of hydrazone groups is 1. The Balaban J connectivity index is 3.14. The molecule has 0 saturated carbocycles. The standard InChI is InChI=1S/C10H18N4O2S/c1-6(2)12-14-9(16)13(7(3)4)8(15)11-10(14,5)17/h7,17H,1-5H3,(H,11,15). The van der Waals surface area contributed by atoms with Gasteiger partial charge in [-0.2, -0.15) is 10.1 Å². The normalized spacial score (nSPS) is 25.1. The van der Waals surface area contributed by atoms with Gasteiger partial charge in [0, 0.05) is 11.8 Å². The highest BCUT2D eigenvalue weighted by Crippen LogP contribution is 2.25. The van der Waals surface area contributed by atoms with E-state index in [9.17, 15) is 9.59 Å². The number of nitrogens with zero attached hydrogens (tertiary/aromatic N) is 3. The van der Waals surface area contributed by atoms with Crippen molar-refractivity contribution in [1.29, 1.82) is 0 Å². The third-order valence-corrected chi connectivity index (χ3v) is 2.48. The largest absolute Gasteiger partial charge is 0.351 e. The predicted molar refractivity (Wildman–Crippen MR) is 68.9 cm³/mol. The van der Waals surface area contributed by atoms with Crippen molar-refractivity contribution in [2.24, 2.45) is 5.10 Å². The van der Waals surface area contributed by atoms with Gasteiger partial charge < -0.3 is 5.32 Å². The van der Waals surface area contributed by atoms with E-state index in [1.807, 2.05) is 0 Å². The lowest BCUT2D eigenvalue weighted by molar-refractivity contribution is 0.0897. The van der Waals surface area contributed by atoms with Crippen LogP contribution in [0.3, 0.4) is 0 Å². The van der Waals surface area contributed by atoms with E-state index in [2.05, 4.69) is 23.0 Å². The van der Waals surface area contributed by atoms with Crippen molar-refractivity contribution in [2.45, 2.75) is 45.7 Å². The van der Waals surface area contributed by atoms with E-state index in [1.54, 1.807) is 34.6 Å². The minimum Gasteiger partial charge on any atom is -0.305 e. The number of nitrogens with one attached hydrogen (secondary N) is 1. The molecular weight excluding hydrogens is 240 g/mol. The molecule has 96 valence electrons. The quantitative estimate of drug-likeness (QED) is 0.586. The highest BCUT2D eigenvalue weighted by molar-refractivity contribution is 7.81. The molecule has 1 rings (SSSR count). The van der Waals surface area contributed by atoms with Gasteiger partial charge in [0.25, 0.3) is 0 Å². The maximum absolute atomic E-state index is 12.2. The average Bonchev–Trinajstić information content (AvgIpc) is 2.09. The van der Waals surface area contributed by atoms with Gasteiger partial charge in [0.05, 0.1) is 0 Å². The van der Waals surface area contributed by atoms with Crippen LogP contribution in [0.2, 0.25) is 0 Å². The SMILES string of the molecule is CC(C)=NN1C(=O)N(C(C)C)C(=O)NC1(C)S. The lowest BCUT2D eigenvalue weighted by Gasteiger charge is -2.43. The lowest BCUT2D eigenvalue weighted by atomic mass is 10.3. The molecule has 1 atom stereocenters. The number of carbonyl (C=O) groups is 2. The molecule has 17 heavy (non-hydrogen) atoms. The molecule has 1 N–H and O–H groups in total. The molecule has 0 aromatic rings. The third-order valence-electron chi connectivity index (χ3n) is 2.18. The molecule has 4 amide bonds. The molecule has 0 aliphatic carbocycles. The van der Waals surface area contributed by atoms with Crippen molar-refractivity contribution in [3.8, 4) is 0 Å². The maximum atomic E-state index is 12.2. The van der Waals surface area contributed by atoms with Gasteiger partial charge >= 0.3 is 12.1 Å². The minimum atomic E-state index is -1.11. The molecule has 1 unspecified atom stereocenters. The average molecular weight is 258 g/mol. The third kappa shape index (κ3) is 2.71. The molecule has 6 nitrogen and oxygen atoms in total. The number of hydrogen-bond donors (Lipinski definition) is 2. The Hall–Kier alpha value is -1.24. The fraction of sp³-hybridized carbons (Fsp3) is 0.700. The second kappa shape index (κ2) is 4.56. The summed E-state index contributed by atoms with van der Waals surface area (Å²) in [5.74, 6) is 0. The second-order valence-electron chi connectivity index (χ2n) is 4.56. The van der Waals surface area contributed by atoms with Crippen LogP contribution in [0.1, 0.15) is 34.6 Å². The molecule has 1 fully saturated rings. The van der Waals surface area contributed by atoms with Crippen LogP contribution >= 0.6 is 12.6 Å². The number of urea groups is 2. The minimum absolute atomic E-state index is 0.234. The van der Waals surface area contributed by atoms with Crippen LogP contribution in [0.15, 0.2) is 5.10 Å². The number of amides is 4. The first-order valence-corrected chi connectivity index (χ1v) is 5.81. The van der Waals surface area contributed by atoms with Gasteiger partial charge in [0.15, 0.2) is 4.99 Å². The Morgan fingerprint density at radius 3 is 2.35 bits per heavy atom. The summed E-state index contributed by atoms with van der Waals surface area (Å²) in [5, 5.41) is 7.90. The fourth-order valence-electron chi connectivity index (χ4n) is 1.49. The molecular formula is C10H18N4O2S. The number of imide groups is 1. The van der Waals surface area contributed by atoms with Gasteiger partial charge in [-0.05, 0) is 34.6 Å². The summed E-state index contributed by atoms with van der Waals surface area (Å²) in [6.07, 6.45) is 0. The topological polar surface area (TPSA) is 65.0 Å².